The summed E-state index contributed by atoms with van der Waals surface area (Å²) in [6.07, 6.45) is 4.54. The first kappa shape index (κ1) is 25.0. The third kappa shape index (κ3) is 3.34. The maximum Gasteiger partial charge on any atom is 0.319 e. The first-order valence-corrected chi connectivity index (χ1v) is 14.8. The van der Waals surface area contributed by atoms with Crippen molar-refractivity contribution in [3.05, 3.63) is 93.9 Å². The molecule has 8 rings (SSSR count). The number of rotatable bonds is 3. The van der Waals surface area contributed by atoms with Gasteiger partial charge in [0, 0.05) is 16.4 Å². The van der Waals surface area contributed by atoms with Gasteiger partial charge in [0.1, 0.15) is 22.6 Å². The smallest absolute Gasteiger partial charge is 0.319 e. The zero-order valence-corrected chi connectivity index (χ0v) is 23.4. The molecule has 8 heteroatoms. The van der Waals surface area contributed by atoms with E-state index in [0.717, 1.165) is 51.6 Å². The van der Waals surface area contributed by atoms with Crippen LogP contribution in [0.3, 0.4) is 0 Å². The van der Waals surface area contributed by atoms with Gasteiger partial charge in [0.2, 0.25) is 11.8 Å². The van der Waals surface area contributed by atoms with Crippen molar-refractivity contribution in [3.8, 4) is 17.6 Å². The molecular weight excluding hydrogens is 548 g/mol. The molecule has 1 aromatic heterocycles. The summed E-state index contributed by atoms with van der Waals surface area (Å²) < 4.78 is 11.3. The van der Waals surface area contributed by atoms with Gasteiger partial charge < -0.3 is 9.47 Å². The van der Waals surface area contributed by atoms with Gasteiger partial charge in [0.05, 0.1) is 30.4 Å². The van der Waals surface area contributed by atoms with E-state index in [4.69, 9.17) is 9.47 Å². The molecule has 2 amide bonds. The predicted octanol–water partition coefficient (Wildman–Crippen LogP) is 5.79. The lowest BCUT2D eigenvalue weighted by molar-refractivity contribution is -0.142. The highest BCUT2D eigenvalue weighted by molar-refractivity contribution is 7.17. The highest BCUT2D eigenvalue weighted by Crippen LogP contribution is 2.57. The molecule has 1 saturated heterocycles. The zero-order valence-electron chi connectivity index (χ0n) is 22.6. The van der Waals surface area contributed by atoms with Crippen molar-refractivity contribution in [2.75, 3.05) is 12.0 Å². The van der Waals surface area contributed by atoms with E-state index in [-0.39, 0.29) is 5.91 Å². The van der Waals surface area contributed by atoms with Crippen LogP contribution < -0.4 is 14.4 Å². The first-order chi connectivity index (χ1) is 20.5. The van der Waals surface area contributed by atoms with E-state index in [9.17, 15) is 19.6 Å². The van der Waals surface area contributed by atoms with Crippen LogP contribution in [0.15, 0.2) is 66.7 Å². The zero-order chi connectivity index (χ0) is 28.7. The number of fused-ring (bicyclic) bond motifs is 8. The fraction of sp³-hybridized carbons (Fsp3) is 0.235. The Labute approximate surface area is 245 Å². The normalized spacial score (nSPS) is 24.0. The monoisotopic (exact) mass is 572 g/mol. The number of esters is 1. The molecule has 3 aromatic carbocycles. The second-order valence-corrected chi connectivity index (χ2v) is 12.3. The third-order valence-corrected chi connectivity index (χ3v) is 10.5. The van der Waals surface area contributed by atoms with Crippen LogP contribution in [0.25, 0.3) is 16.3 Å². The largest absolute Gasteiger partial charge is 0.497 e. The molecule has 4 atom stereocenters. The number of anilines is 1. The predicted molar refractivity (Wildman–Crippen MR) is 157 cm³/mol. The number of carbonyl (C=O) groups excluding carboxylic acids is 3. The Hall–Kier alpha value is -4.74. The van der Waals surface area contributed by atoms with E-state index < -0.39 is 35.5 Å². The Bertz CT molecular complexity index is 1930. The number of carbonyl (C=O) groups is 3. The lowest BCUT2D eigenvalue weighted by Crippen LogP contribution is -2.42. The van der Waals surface area contributed by atoms with Gasteiger partial charge in [-0.05, 0) is 64.9 Å². The number of thiophene rings is 1. The van der Waals surface area contributed by atoms with Crippen LogP contribution in [0.1, 0.15) is 39.5 Å². The summed E-state index contributed by atoms with van der Waals surface area (Å²) in [7, 11) is 1.59. The molecule has 4 aliphatic rings. The molecule has 42 heavy (non-hydrogen) atoms. The van der Waals surface area contributed by atoms with Gasteiger partial charge in [-0.1, -0.05) is 48.5 Å². The molecule has 206 valence electrons. The summed E-state index contributed by atoms with van der Waals surface area (Å²) in [6, 6.07) is 21.3. The maximum absolute atomic E-state index is 14.4. The second kappa shape index (κ2) is 9.13. The third-order valence-electron chi connectivity index (χ3n) is 9.20. The van der Waals surface area contributed by atoms with Crippen molar-refractivity contribution in [1.29, 1.82) is 5.26 Å². The van der Waals surface area contributed by atoms with Crippen LogP contribution in [0.2, 0.25) is 0 Å². The number of methoxy groups -OCH3 is 1. The summed E-state index contributed by atoms with van der Waals surface area (Å²) in [4.78, 5) is 44.8. The van der Waals surface area contributed by atoms with Crippen molar-refractivity contribution in [2.45, 2.75) is 25.2 Å². The molecule has 0 unspecified atom stereocenters. The van der Waals surface area contributed by atoms with Crippen molar-refractivity contribution < 1.29 is 23.9 Å². The van der Waals surface area contributed by atoms with E-state index in [2.05, 4.69) is 6.07 Å². The minimum atomic E-state index is -0.965. The molecular formula is C34H24N2O5S. The average Bonchev–Trinajstić information content (AvgIpc) is 3.68. The molecule has 1 fully saturated rings. The molecule has 0 radical (unpaired) electrons. The summed E-state index contributed by atoms with van der Waals surface area (Å²) in [5.74, 6) is -3.46. The number of amides is 2. The highest BCUT2D eigenvalue weighted by Gasteiger charge is 2.61. The van der Waals surface area contributed by atoms with Gasteiger partial charge in [-0.2, -0.15) is 5.26 Å². The number of imide groups is 1. The van der Waals surface area contributed by atoms with Crippen molar-refractivity contribution in [2.24, 2.45) is 17.8 Å². The Balaban J connectivity index is 1.35. The van der Waals surface area contributed by atoms with Gasteiger partial charge in [0.15, 0.2) is 0 Å². The number of aryl methyl sites for hydroxylation is 1. The first-order valence-electron chi connectivity index (χ1n) is 14.0. The van der Waals surface area contributed by atoms with Crippen LogP contribution in [-0.2, 0) is 27.2 Å². The van der Waals surface area contributed by atoms with Gasteiger partial charge >= 0.3 is 5.97 Å². The van der Waals surface area contributed by atoms with Gasteiger partial charge in [-0.15, -0.1) is 11.3 Å². The average molecular weight is 573 g/mol. The summed E-state index contributed by atoms with van der Waals surface area (Å²) >= 11 is 1.36. The van der Waals surface area contributed by atoms with Gasteiger partial charge in [-0.25, -0.2) is 4.90 Å². The minimum absolute atomic E-state index is 0.381. The molecule has 7 nitrogen and oxygen atoms in total. The lowest BCUT2D eigenvalue weighted by atomic mass is 9.64. The Kier molecular flexibility index (Phi) is 5.44. The number of hydrogen-bond donors (Lipinski definition) is 0. The van der Waals surface area contributed by atoms with Gasteiger partial charge in [-0.3, -0.25) is 14.4 Å². The minimum Gasteiger partial charge on any atom is -0.497 e. The number of allylic oxidation sites excluding steroid dienone is 1. The highest BCUT2D eigenvalue weighted by atomic mass is 32.1. The number of hydrogen-bond acceptors (Lipinski definition) is 7. The molecule has 0 bridgehead atoms. The Morgan fingerprint density at radius 1 is 0.976 bits per heavy atom. The molecule has 3 heterocycles. The van der Waals surface area contributed by atoms with E-state index >= 15 is 0 Å². The standard InChI is InChI=1S/C34H24N2O5S/c1-40-19-12-9-18(10-13-19)22-15-23-27-20-6-3-2-5-17(20)11-14-25(27)41-34(39)29(23)30-28(22)31(37)36(32(30)38)33-24(16-35)21-7-4-8-26(21)42-33/h2-3,5-6,9-15,22,28-30H,4,7-8H2,1H3/t22-,28-,29-,30+/m0/s1. The molecule has 0 saturated carbocycles. The summed E-state index contributed by atoms with van der Waals surface area (Å²) in [5, 5.41) is 12.4. The SMILES string of the molecule is COc1ccc([C@@H]2C=C3c4c(ccc5ccccc45)OC(=O)[C@@H]3[C@@H]3C(=O)N(c4sc5c(c4C#N)CCC5)C(=O)[C@H]32)cc1. The fourth-order valence-corrected chi connectivity index (χ4v) is 8.70. The Morgan fingerprint density at radius 3 is 2.55 bits per heavy atom. The molecule has 0 N–H and O–H groups in total. The topological polar surface area (TPSA) is 96.7 Å². The summed E-state index contributed by atoms with van der Waals surface area (Å²) in [6.45, 7) is 0. The summed E-state index contributed by atoms with van der Waals surface area (Å²) in [5.41, 5.74) is 3.67. The second-order valence-electron chi connectivity index (χ2n) is 11.2. The lowest BCUT2D eigenvalue weighted by Gasteiger charge is -2.38. The quantitative estimate of drug-likeness (QED) is 0.175. The number of benzene rings is 3. The van der Waals surface area contributed by atoms with Crippen LogP contribution in [0, 0.1) is 29.1 Å². The van der Waals surface area contributed by atoms with E-state index in [1.807, 2.05) is 60.7 Å². The van der Waals surface area contributed by atoms with Crippen LogP contribution >= 0.6 is 11.3 Å². The molecule has 4 aromatic rings. The molecule has 0 spiro atoms. The van der Waals surface area contributed by atoms with Crippen LogP contribution in [-0.4, -0.2) is 24.9 Å². The van der Waals surface area contributed by atoms with Crippen molar-refractivity contribution >= 4 is 50.5 Å². The fourth-order valence-electron chi connectivity index (χ4n) is 7.35. The van der Waals surface area contributed by atoms with Gasteiger partial charge in [0.25, 0.3) is 0 Å². The van der Waals surface area contributed by atoms with Crippen LogP contribution in [0.4, 0.5) is 5.00 Å². The number of nitriles is 1. The van der Waals surface area contributed by atoms with Crippen molar-refractivity contribution in [3.63, 3.8) is 0 Å². The van der Waals surface area contributed by atoms with E-state index in [1.165, 1.54) is 16.2 Å². The number of nitrogens with zero attached hydrogens (tertiary/aromatic N) is 2. The van der Waals surface area contributed by atoms with Crippen molar-refractivity contribution in [1.82, 2.24) is 0 Å². The van der Waals surface area contributed by atoms with Crippen LogP contribution in [0.5, 0.6) is 11.5 Å². The molecule has 2 aliphatic heterocycles. The Morgan fingerprint density at radius 2 is 1.76 bits per heavy atom. The molecule has 2 aliphatic carbocycles. The van der Waals surface area contributed by atoms with E-state index in [1.54, 1.807) is 13.2 Å². The van der Waals surface area contributed by atoms with E-state index in [0.29, 0.717) is 27.6 Å². The number of ether oxygens (including phenoxy) is 2. The maximum atomic E-state index is 14.4.